The summed E-state index contributed by atoms with van der Waals surface area (Å²) in [5, 5.41) is -1.20. The van der Waals surface area contributed by atoms with E-state index in [1.54, 1.807) is 0 Å². The van der Waals surface area contributed by atoms with Crippen LogP contribution in [-0.4, -0.2) is 37.6 Å². The Morgan fingerprint density at radius 2 is 2.05 bits per heavy atom. The number of amides is 1. The van der Waals surface area contributed by atoms with Gasteiger partial charge in [-0.2, -0.15) is 8.42 Å². The molecule has 0 spiro atoms. The third-order valence-corrected chi connectivity index (χ3v) is 4.84. The minimum Gasteiger partial charge on any atom is -0.341 e. The molecule has 110 valence electrons. The quantitative estimate of drug-likeness (QED) is 0.796. The summed E-state index contributed by atoms with van der Waals surface area (Å²) in [4.78, 5) is 13.1. The van der Waals surface area contributed by atoms with Crippen LogP contribution in [0.2, 0.25) is 0 Å². The Balaban J connectivity index is 1.99. The largest absolute Gasteiger partial charge is 0.341 e. The number of rotatable bonds is 4. The van der Waals surface area contributed by atoms with Crippen molar-refractivity contribution in [1.82, 2.24) is 4.90 Å². The molecule has 1 heterocycles. The number of hydrogen-bond acceptors (Lipinski definition) is 3. The van der Waals surface area contributed by atoms with Crippen LogP contribution < -0.4 is 0 Å². The highest BCUT2D eigenvalue weighted by Crippen LogP contribution is 2.20. The average molecular weight is 299 g/mol. The number of likely N-dealkylation sites (tertiary alicyclic amines) is 1. The molecule has 0 aromatic heterocycles. The first-order valence-corrected chi connectivity index (χ1v) is 7.99. The maximum absolute atomic E-state index is 12.9. The van der Waals surface area contributed by atoms with E-state index in [4.69, 9.17) is 0 Å². The van der Waals surface area contributed by atoms with Gasteiger partial charge in [-0.1, -0.05) is 23.8 Å². The standard InChI is InChI=1S/C14H18FNO3S/c1-10-3-4-12(11(2)7-10)5-6-16-9-13(8-14(16)17)20(15,18)19/h3-4,7,13H,5-6,8-9H2,1-2H3. The fourth-order valence-electron chi connectivity index (χ4n) is 2.52. The molecule has 6 heteroatoms. The summed E-state index contributed by atoms with van der Waals surface area (Å²) >= 11 is 0. The third-order valence-electron chi connectivity index (χ3n) is 3.73. The molecular weight excluding hydrogens is 281 g/mol. The zero-order valence-electron chi connectivity index (χ0n) is 11.6. The lowest BCUT2D eigenvalue weighted by Crippen LogP contribution is -2.29. The summed E-state index contributed by atoms with van der Waals surface area (Å²) < 4.78 is 34.6. The zero-order valence-corrected chi connectivity index (χ0v) is 12.4. The van der Waals surface area contributed by atoms with E-state index in [0.717, 1.165) is 11.1 Å². The van der Waals surface area contributed by atoms with Crippen molar-refractivity contribution in [3.8, 4) is 0 Å². The van der Waals surface area contributed by atoms with Gasteiger partial charge in [-0.15, -0.1) is 3.89 Å². The Hall–Kier alpha value is -1.43. The van der Waals surface area contributed by atoms with Crippen LogP contribution in [0.15, 0.2) is 18.2 Å². The van der Waals surface area contributed by atoms with Crippen LogP contribution in [0.4, 0.5) is 3.89 Å². The molecule has 0 N–H and O–H groups in total. The van der Waals surface area contributed by atoms with E-state index in [-0.39, 0.29) is 18.9 Å². The third kappa shape index (κ3) is 3.36. The number of nitrogens with zero attached hydrogens (tertiary/aromatic N) is 1. The summed E-state index contributed by atoms with van der Waals surface area (Å²) in [5.41, 5.74) is 3.44. The molecule has 4 nitrogen and oxygen atoms in total. The van der Waals surface area contributed by atoms with E-state index < -0.39 is 15.5 Å². The molecule has 0 bridgehead atoms. The average Bonchev–Trinajstić information content (AvgIpc) is 2.69. The van der Waals surface area contributed by atoms with Crippen molar-refractivity contribution in [2.75, 3.05) is 13.1 Å². The highest BCUT2D eigenvalue weighted by molar-refractivity contribution is 7.87. The molecule has 1 saturated heterocycles. The zero-order chi connectivity index (χ0) is 14.9. The van der Waals surface area contributed by atoms with Crippen LogP contribution in [0.5, 0.6) is 0 Å². The van der Waals surface area contributed by atoms with Crippen molar-refractivity contribution in [3.63, 3.8) is 0 Å². The van der Waals surface area contributed by atoms with E-state index >= 15 is 0 Å². The van der Waals surface area contributed by atoms with Gasteiger partial charge in [-0.05, 0) is 31.4 Å². The van der Waals surface area contributed by atoms with Crippen LogP contribution in [0.3, 0.4) is 0 Å². The van der Waals surface area contributed by atoms with E-state index in [2.05, 4.69) is 6.07 Å². The highest BCUT2D eigenvalue weighted by atomic mass is 32.3. The molecule has 1 aromatic carbocycles. The van der Waals surface area contributed by atoms with Gasteiger partial charge >= 0.3 is 10.2 Å². The van der Waals surface area contributed by atoms with Gasteiger partial charge in [0.2, 0.25) is 5.91 Å². The van der Waals surface area contributed by atoms with Crippen molar-refractivity contribution in [1.29, 1.82) is 0 Å². The molecule has 1 unspecified atom stereocenters. The summed E-state index contributed by atoms with van der Waals surface area (Å²) in [7, 11) is -4.63. The second-order valence-corrected chi connectivity index (χ2v) is 6.94. The molecule has 1 aromatic rings. The molecule has 2 rings (SSSR count). The molecule has 20 heavy (non-hydrogen) atoms. The van der Waals surface area contributed by atoms with E-state index in [9.17, 15) is 17.1 Å². The Kier molecular flexibility index (Phi) is 4.13. The maximum atomic E-state index is 12.9. The summed E-state index contributed by atoms with van der Waals surface area (Å²) in [6.45, 7) is 4.40. The lowest BCUT2D eigenvalue weighted by molar-refractivity contribution is -0.127. The van der Waals surface area contributed by atoms with Crippen LogP contribution >= 0.6 is 0 Å². The Morgan fingerprint density at radius 1 is 1.35 bits per heavy atom. The van der Waals surface area contributed by atoms with Gasteiger partial charge in [-0.3, -0.25) is 4.79 Å². The number of carbonyl (C=O) groups is 1. The van der Waals surface area contributed by atoms with Gasteiger partial charge in [0.05, 0.1) is 0 Å². The van der Waals surface area contributed by atoms with Gasteiger partial charge in [-0.25, -0.2) is 0 Å². The predicted octanol–water partition coefficient (Wildman–Crippen LogP) is 1.75. The molecule has 0 saturated carbocycles. The van der Waals surface area contributed by atoms with Gasteiger partial charge in [0.15, 0.2) is 0 Å². The number of hydrogen-bond donors (Lipinski definition) is 0. The smallest absolute Gasteiger partial charge is 0.307 e. The van der Waals surface area contributed by atoms with Gasteiger partial charge in [0.1, 0.15) is 5.25 Å². The SMILES string of the molecule is Cc1ccc(CCN2CC(S(=O)(=O)F)CC2=O)c(C)c1. The minimum atomic E-state index is -4.63. The molecule has 1 aliphatic rings. The van der Waals surface area contributed by atoms with Crippen molar-refractivity contribution in [2.24, 2.45) is 0 Å². The maximum Gasteiger partial charge on any atom is 0.307 e. The molecule has 0 aliphatic carbocycles. The van der Waals surface area contributed by atoms with Crippen molar-refractivity contribution >= 4 is 16.1 Å². The molecule has 1 aliphatic heterocycles. The Morgan fingerprint density at radius 3 is 2.60 bits per heavy atom. The van der Waals surface area contributed by atoms with Crippen LogP contribution in [-0.2, 0) is 21.4 Å². The van der Waals surface area contributed by atoms with Crippen molar-refractivity contribution < 1.29 is 17.1 Å². The van der Waals surface area contributed by atoms with Crippen molar-refractivity contribution in [2.45, 2.75) is 31.9 Å². The number of aryl methyl sites for hydroxylation is 2. The lowest BCUT2D eigenvalue weighted by Gasteiger charge is -2.16. The van der Waals surface area contributed by atoms with Crippen molar-refractivity contribution in [3.05, 3.63) is 34.9 Å². The molecule has 1 atom stereocenters. The monoisotopic (exact) mass is 299 g/mol. The molecular formula is C14H18FNO3S. The van der Waals surface area contributed by atoms with Gasteiger partial charge in [0, 0.05) is 19.5 Å². The van der Waals surface area contributed by atoms with Gasteiger partial charge < -0.3 is 4.90 Å². The number of benzene rings is 1. The van der Waals surface area contributed by atoms with Crippen LogP contribution in [0.25, 0.3) is 0 Å². The normalized spacial score (nSPS) is 19.6. The van der Waals surface area contributed by atoms with Crippen LogP contribution in [0.1, 0.15) is 23.1 Å². The first-order valence-electron chi connectivity index (χ1n) is 6.55. The minimum absolute atomic E-state index is 0.0391. The lowest BCUT2D eigenvalue weighted by atomic mass is 10.0. The highest BCUT2D eigenvalue weighted by Gasteiger charge is 2.38. The fraction of sp³-hybridized carbons (Fsp3) is 0.500. The topological polar surface area (TPSA) is 54.5 Å². The Labute approximate surface area is 118 Å². The molecule has 1 fully saturated rings. The first kappa shape index (κ1) is 15.0. The van der Waals surface area contributed by atoms with Gasteiger partial charge in [0.25, 0.3) is 0 Å². The van der Waals surface area contributed by atoms with E-state index in [1.807, 2.05) is 26.0 Å². The van der Waals surface area contributed by atoms with Crippen LogP contribution in [0, 0.1) is 13.8 Å². The second-order valence-electron chi connectivity index (χ2n) is 5.32. The summed E-state index contributed by atoms with van der Waals surface area (Å²) in [5.74, 6) is -0.291. The Bertz CT molecular complexity index is 627. The fourth-order valence-corrected chi connectivity index (χ4v) is 3.22. The second kappa shape index (κ2) is 5.52. The predicted molar refractivity (Wildman–Crippen MR) is 74.6 cm³/mol. The molecule has 0 radical (unpaired) electrons. The number of carbonyl (C=O) groups excluding carboxylic acids is 1. The summed E-state index contributed by atoms with van der Waals surface area (Å²) in [6.07, 6.45) is 0.405. The molecule has 1 amide bonds. The number of halogens is 1. The first-order chi connectivity index (χ1) is 9.27. The summed E-state index contributed by atoms with van der Waals surface area (Å²) in [6, 6.07) is 6.08. The van der Waals surface area contributed by atoms with E-state index in [1.165, 1.54) is 10.5 Å². The van der Waals surface area contributed by atoms with E-state index in [0.29, 0.717) is 13.0 Å².